The first kappa shape index (κ1) is 13.4. The van der Waals surface area contributed by atoms with Crippen molar-refractivity contribution in [2.45, 2.75) is 19.3 Å². The zero-order chi connectivity index (χ0) is 14.5. The topological polar surface area (TPSA) is 64.2 Å². The second-order valence-electron chi connectivity index (χ2n) is 6.35. The van der Waals surface area contributed by atoms with Crippen LogP contribution in [0.1, 0.15) is 25.0 Å². The van der Waals surface area contributed by atoms with Gasteiger partial charge in [0.1, 0.15) is 0 Å². The summed E-state index contributed by atoms with van der Waals surface area (Å²) < 4.78 is 0. The van der Waals surface area contributed by atoms with E-state index in [1.165, 1.54) is 0 Å². The number of hydrogen-bond acceptors (Lipinski definition) is 3. The maximum absolute atomic E-state index is 9.90. The van der Waals surface area contributed by atoms with E-state index < -0.39 is 5.41 Å². The van der Waals surface area contributed by atoms with Crippen LogP contribution in [0.4, 0.5) is 0 Å². The molecule has 0 bridgehead atoms. The molecule has 2 N–H and O–H groups in total. The van der Waals surface area contributed by atoms with Gasteiger partial charge in [-0.05, 0) is 28.0 Å². The van der Waals surface area contributed by atoms with Crippen molar-refractivity contribution < 1.29 is 10.2 Å². The molecule has 0 aliphatic heterocycles. The Balaban J connectivity index is 2.28. The molecule has 0 spiro atoms. The van der Waals surface area contributed by atoms with E-state index in [2.05, 4.69) is 19.9 Å². The van der Waals surface area contributed by atoms with E-state index in [1.807, 2.05) is 30.3 Å². The minimum atomic E-state index is -0.602. The number of rotatable bonds is 2. The van der Waals surface area contributed by atoms with Crippen LogP contribution < -0.4 is 0 Å². The van der Waals surface area contributed by atoms with Crippen molar-refractivity contribution in [1.29, 1.82) is 5.26 Å². The van der Waals surface area contributed by atoms with Crippen molar-refractivity contribution in [2.24, 2.45) is 17.3 Å². The maximum Gasteiger partial charge on any atom is 0.0948 e. The SMILES string of the molecule is CC1(C)[C@H](CO)[C@@H]2C=C(CO)c3ccccc3[C@@]21C#N. The van der Waals surface area contributed by atoms with Gasteiger partial charge >= 0.3 is 0 Å². The van der Waals surface area contributed by atoms with Gasteiger partial charge in [0.05, 0.1) is 18.1 Å². The lowest BCUT2D eigenvalue weighted by Gasteiger charge is -2.64. The highest BCUT2D eigenvalue weighted by atomic mass is 16.3. The van der Waals surface area contributed by atoms with Crippen molar-refractivity contribution in [1.82, 2.24) is 0 Å². The van der Waals surface area contributed by atoms with Crippen molar-refractivity contribution in [3.63, 3.8) is 0 Å². The van der Waals surface area contributed by atoms with Gasteiger partial charge in [-0.1, -0.05) is 44.2 Å². The van der Waals surface area contributed by atoms with Gasteiger partial charge in [-0.15, -0.1) is 0 Å². The first-order valence-electron chi connectivity index (χ1n) is 6.98. The normalized spacial score (nSPS) is 33.2. The average molecular weight is 269 g/mol. The molecule has 1 aromatic rings. The zero-order valence-electron chi connectivity index (χ0n) is 11.8. The standard InChI is InChI=1S/C17H19NO2/c1-16(2)15(9-20)14-7-11(8-19)12-5-3-4-6-13(12)17(14,16)10-18/h3-7,14-15,19-20H,8-9H2,1-2H3/t14-,15+,17-/m0/s1. The molecule has 3 heteroatoms. The number of allylic oxidation sites excluding steroid dienone is 1. The molecule has 1 saturated carbocycles. The van der Waals surface area contributed by atoms with E-state index in [0.29, 0.717) is 0 Å². The largest absolute Gasteiger partial charge is 0.396 e. The second-order valence-corrected chi connectivity index (χ2v) is 6.35. The number of nitriles is 1. The van der Waals surface area contributed by atoms with E-state index in [-0.39, 0.29) is 30.5 Å². The van der Waals surface area contributed by atoms with Gasteiger partial charge in [0.15, 0.2) is 0 Å². The third-order valence-electron chi connectivity index (χ3n) is 5.50. The molecule has 3 atom stereocenters. The number of nitrogens with zero attached hydrogens (tertiary/aromatic N) is 1. The molecule has 0 saturated heterocycles. The third-order valence-corrected chi connectivity index (χ3v) is 5.50. The monoisotopic (exact) mass is 269 g/mol. The Morgan fingerprint density at radius 1 is 1.25 bits per heavy atom. The van der Waals surface area contributed by atoms with Crippen LogP contribution in [0.2, 0.25) is 0 Å². The summed E-state index contributed by atoms with van der Waals surface area (Å²) in [5, 5.41) is 29.2. The summed E-state index contributed by atoms with van der Waals surface area (Å²) in [7, 11) is 0. The van der Waals surface area contributed by atoms with Gasteiger partial charge in [-0.25, -0.2) is 0 Å². The Hall–Kier alpha value is -1.63. The summed E-state index contributed by atoms with van der Waals surface area (Å²) >= 11 is 0. The molecule has 0 aromatic heterocycles. The maximum atomic E-state index is 9.90. The predicted molar refractivity (Wildman–Crippen MR) is 76.6 cm³/mol. The number of benzene rings is 1. The Labute approximate surface area is 119 Å². The molecular weight excluding hydrogens is 250 g/mol. The third kappa shape index (κ3) is 1.26. The summed E-state index contributed by atoms with van der Waals surface area (Å²) in [4.78, 5) is 0. The highest BCUT2D eigenvalue weighted by Gasteiger charge is 2.68. The molecule has 2 aliphatic rings. The fourth-order valence-electron chi connectivity index (χ4n) is 4.32. The number of fused-ring (bicyclic) bond motifs is 3. The fraction of sp³-hybridized carbons (Fsp3) is 0.471. The number of aliphatic hydroxyl groups is 2. The first-order valence-corrected chi connectivity index (χ1v) is 6.98. The lowest BCUT2D eigenvalue weighted by molar-refractivity contribution is -0.0970. The molecular formula is C17H19NO2. The molecule has 104 valence electrons. The Morgan fingerprint density at radius 2 is 1.95 bits per heavy atom. The molecule has 0 amide bonds. The van der Waals surface area contributed by atoms with E-state index in [1.54, 1.807) is 0 Å². The zero-order valence-corrected chi connectivity index (χ0v) is 11.8. The molecule has 0 heterocycles. The van der Waals surface area contributed by atoms with Gasteiger partial charge < -0.3 is 10.2 Å². The van der Waals surface area contributed by atoms with Crippen LogP contribution in [0.5, 0.6) is 0 Å². The number of hydrogen-bond donors (Lipinski definition) is 2. The van der Waals surface area contributed by atoms with Crippen molar-refractivity contribution in [3.05, 3.63) is 41.5 Å². The summed E-state index contributed by atoms with van der Waals surface area (Å²) in [6.45, 7) is 4.15. The van der Waals surface area contributed by atoms with Crippen LogP contribution in [-0.2, 0) is 5.41 Å². The minimum Gasteiger partial charge on any atom is -0.396 e. The van der Waals surface area contributed by atoms with Gasteiger partial charge in [-0.3, -0.25) is 0 Å². The molecule has 3 nitrogen and oxygen atoms in total. The van der Waals surface area contributed by atoms with Crippen LogP contribution in [0.15, 0.2) is 30.3 Å². The first-order chi connectivity index (χ1) is 9.54. The quantitative estimate of drug-likeness (QED) is 0.864. The van der Waals surface area contributed by atoms with E-state index in [0.717, 1.165) is 16.7 Å². The van der Waals surface area contributed by atoms with Crippen LogP contribution in [0.25, 0.3) is 5.57 Å². The molecule has 20 heavy (non-hydrogen) atoms. The van der Waals surface area contributed by atoms with Crippen molar-refractivity contribution in [2.75, 3.05) is 13.2 Å². The molecule has 1 fully saturated rings. The summed E-state index contributed by atoms with van der Waals surface area (Å²) in [6, 6.07) is 10.4. The predicted octanol–water partition coefficient (Wildman–Crippen LogP) is 2.10. The summed E-state index contributed by atoms with van der Waals surface area (Å²) in [5.74, 6) is 0.0293. The van der Waals surface area contributed by atoms with Crippen molar-refractivity contribution >= 4 is 5.57 Å². The van der Waals surface area contributed by atoms with E-state index in [4.69, 9.17) is 0 Å². The van der Waals surface area contributed by atoms with Gasteiger partial charge in [0, 0.05) is 12.5 Å². The molecule has 2 aliphatic carbocycles. The van der Waals surface area contributed by atoms with Crippen LogP contribution in [0, 0.1) is 28.6 Å². The van der Waals surface area contributed by atoms with Crippen LogP contribution in [0.3, 0.4) is 0 Å². The highest BCUT2D eigenvalue weighted by molar-refractivity contribution is 5.76. The lowest BCUT2D eigenvalue weighted by Crippen LogP contribution is -2.66. The van der Waals surface area contributed by atoms with Gasteiger partial charge in [0.2, 0.25) is 0 Å². The highest BCUT2D eigenvalue weighted by Crippen LogP contribution is 2.67. The lowest BCUT2D eigenvalue weighted by atomic mass is 9.36. The molecule has 0 radical (unpaired) electrons. The van der Waals surface area contributed by atoms with Crippen molar-refractivity contribution in [3.8, 4) is 6.07 Å². The molecule has 3 rings (SSSR count). The Bertz CT molecular complexity index is 626. The number of aliphatic hydroxyl groups excluding tert-OH is 2. The van der Waals surface area contributed by atoms with Crippen LogP contribution >= 0.6 is 0 Å². The Kier molecular flexibility index (Phi) is 2.79. The smallest absolute Gasteiger partial charge is 0.0948 e. The molecule has 0 unspecified atom stereocenters. The minimum absolute atomic E-state index is 0.0236. The Morgan fingerprint density at radius 3 is 2.55 bits per heavy atom. The van der Waals surface area contributed by atoms with Crippen LogP contribution in [-0.4, -0.2) is 23.4 Å². The van der Waals surface area contributed by atoms with E-state index in [9.17, 15) is 15.5 Å². The van der Waals surface area contributed by atoms with E-state index >= 15 is 0 Å². The second kappa shape index (κ2) is 4.18. The molecule has 1 aromatic carbocycles. The summed E-state index contributed by atoms with van der Waals surface area (Å²) in [5.41, 5.74) is 1.95. The van der Waals surface area contributed by atoms with Gasteiger partial charge in [-0.2, -0.15) is 5.26 Å². The fourth-order valence-corrected chi connectivity index (χ4v) is 4.32. The van der Waals surface area contributed by atoms with Gasteiger partial charge in [0.25, 0.3) is 0 Å². The summed E-state index contributed by atoms with van der Waals surface area (Å²) in [6.07, 6.45) is 2.00. The average Bonchev–Trinajstić information content (AvgIpc) is 2.45.